The number of nitrogens with zero attached hydrogens (tertiary/aromatic N) is 2. The van der Waals surface area contributed by atoms with Crippen molar-refractivity contribution in [1.29, 1.82) is 0 Å². The first-order valence-electron chi connectivity index (χ1n) is 8.60. The number of rotatable bonds is 6. The topological polar surface area (TPSA) is 98.4 Å². The fourth-order valence-corrected chi connectivity index (χ4v) is 4.16. The normalized spacial score (nSPS) is 18.7. The molecule has 2 N–H and O–H groups in total. The van der Waals surface area contributed by atoms with E-state index in [1.165, 1.54) is 6.26 Å². The highest BCUT2D eigenvalue weighted by atomic mass is 32.2. The van der Waals surface area contributed by atoms with Crippen LogP contribution in [0.3, 0.4) is 0 Å². The smallest absolute Gasteiger partial charge is 0.292 e. The van der Waals surface area contributed by atoms with Gasteiger partial charge in [-0.1, -0.05) is 0 Å². The van der Waals surface area contributed by atoms with Gasteiger partial charge < -0.3 is 19.8 Å². The maximum atomic E-state index is 12.3. The number of hydrogen-bond donors (Lipinski definition) is 2. The van der Waals surface area contributed by atoms with Gasteiger partial charge in [-0.15, -0.1) is 0 Å². The Morgan fingerprint density at radius 3 is 3.08 bits per heavy atom. The highest BCUT2D eigenvalue weighted by Gasteiger charge is 2.26. The van der Waals surface area contributed by atoms with Gasteiger partial charge in [-0.25, -0.2) is 4.68 Å². The second-order valence-electron chi connectivity index (χ2n) is 6.29. The van der Waals surface area contributed by atoms with E-state index in [9.17, 15) is 9.59 Å². The number of amides is 2. The zero-order valence-corrected chi connectivity index (χ0v) is 15.0. The van der Waals surface area contributed by atoms with E-state index in [1.54, 1.807) is 28.6 Å². The molecule has 4 heterocycles. The fraction of sp³-hybridized carbons (Fsp3) is 0.471. The van der Waals surface area contributed by atoms with E-state index in [-0.39, 0.29) is 30.2 Å². The van der Waals surface area contributed by atoms with Crippen LogP contribution in [0.2, 0.25) is 0 Å². The van der Waals surface area contributed by atoms with Crippen LogP contribution in [0.5, 0.6) is 0 Å². The largest absolute Gasteiger partial charge is 0.459 e. The summed E-state index contributed by atoms with van der Waals surface area (Å²) < 4.78 is 12.2. The van der Waals surface area contributed by atoms with Crippen molar-refractivity contribution in [2.45, 2.75) is 37.0 Å². The molecule has 1 fully saturated rings. The molecular weight excluding hydrogens is 356 g/mol. The third-order valence-electron chi connectivity index (χ3n) is 4.44. The molecule has 0 aromatic carbocycles. The van der Waals surface area contributed by atoms with Crippen LogP contribution in [0, 0.1) is 0 Å². The number of carbonyl (C=O) groups is 2. The van der Waals surface area contributed by atoms with E-state index in [2.05, 4.69) is 15.7 Å². The van der Waals surface area contributed by atoms with Crippen molar-refractivity contribution < 1.29 is 18.7 Å². The summed E-state index contributed by atoms with van der Waals surface area (Å²) in [7, 11) is 0. The number of fused-ring (bicyclic) bond motifs is 1. The number of nitrogens with one attached hydrogen (secondary N) is 2. The molecule has 8 nitrogen and oxygen atoms in total. The summed E-state index contributed by atoms with van der Waals surface area (Å²) in [6.45, 7) is 1.31. The van der Waals surface area contributed by atoms with Crippen LogP contribution in [0.15, 0.2) is 22.8 Å². The van der Waals surface area contributed by atoms with E-state index < -0.39 is 0 Å². The zero-order valence-electron chi connectivity index (χ0n) is 14.2. The number of thioether (sulfide) groups is 1. The Morgan fingerprint density at radius 2 is 2.31 bits per heavy atom. The third-order valence-corrected chi connectivity index (χ3v) is 5.41. The highest BCUT2D eigenvalue weighted by Crippen LogP contribution is 2.34. The first kappa shape index (κ1) is 17.2. The zero-order chi connectivity index (χ0) is 17.9. The van der Waals surface area contributed by atoms with Crippen molar-refractivity contribution in [3.63, 3.8) is 0 Å². The number of carbonyl (C=O) groups excluding carboxylic acids is 2. The summed E-state index contributed by atoms with van der Waals surface area (Å²) in [5.41, 5.74) is 1.89. The number of anilines is 1. The number of hydrogen-bond acceptors (Lipinski definition) is 6. The summed E-state index contributed by atoms with van der Waals surface area (Å²) in [6, 6.07) is 3.25. The number of aromatic nitrogens is 2. The lowest BCUT2D eigenvalue weighted by atomic mass is 10.2. The van der Waals surface area contributed by atoms with Gasteiger partial charge in [0, 0.05) is 30.2 Å². The summed E-state index contributed by atoms with van der Waals surface area (Å²) in [5.74, 6) is 1.83. The van der Waals surface area contributed by atoms with Crippen LogP contribution in [0.4, 0.5) is 5.82 Å². The van der Waals surface area contributed by atoms with Crippen molar-refractivity contribution in [1.82, 2.24) is 15.1 Å². The highest BCUT2D eigenvalue weighted by molar-refractivity contribution is 7.98. The summed E-state index contributed by atoms with van der Waals surface area (Å²) >= 11 is 1.74. The van der Waals surface area contributed by atoms with Gasteiger partial charge in [0.05, 0.1) is 18.1 Å². The second-order valence-corrected chi connectivity index (χ2v) is 7.28. The summed E-state index contributed by atoms with van der Waals surface area (Å²) in [4.78, 5) is 24.6. The van der Waals surface area contributed by atoms with Crippen LogP contribution in [0.1, 0.15) is 34.7 Å². The number of furan rings is 1. The van der Waals surface area contributed by atoms with Crippen molar-refractivity contribution in [3.05, 3.63) is 35.4 Å². The van der Waals surface area contributed by atoms with E-state index in [0.717, 1.165) is 42.2 Å². The first-order valence-corrected chi connectivity index (χ1v) is 9.75. The summed E-state index contributed by atoms with van der Waals surface area (Å²) in [6.07, 6.45) is 3.55. The van der Waals surface area contributed by atoms with Gasteiger partial charge in [-0.05, 0) is 25.0 Å². The van der Waals surface area contributed by atoms with Crippen molar-refractivity contribution in [3.8, 4) is 0 Å². The molecule has 2 aliphatic heterocycles. The Balaban J connectivity index is 1.45. The Labute approximate surface area is 154 Å². The summed E-state index contributed by atoms with van der Waals surface area (Å²) in [5, 5.41) is 10.2. The van der Waals surface area contributed by atoms with Crippen LogP contribution in [-0.4, -0.2) is 40.9 Å². The molecule has 26 heavy (non-hydrogen) atoms. The molecule has 1 atom stereocenters. The Morgan fingerprint density at radius 1 is 1.38 bits per heavy atom. The van der Waals surface area contributed by atoms with E-state index in [1.807, 2.05) is 0 Å². The lowest BCUT2D eigenvalue weighted by Gasteiger charge is -2.13. The Hall–Kier alpha value is -2.26. The molecule has 1 saturated heterocycles. The molecule has 2 aliphatic rings. The minimum atomic E-state index is -0.351. The van der Waals surface area contributed by atoms with Gasteiger partial charge in [0.2, 0.25) is 5.91 Å². The van der Waals surface area contributed by atoms with Crippen molar-refractivity contribution >= 4 is 29.4 Å². The van der Waals surface area contributed by atoms with Crippen molar-refractivity contribution in [2.24, 2.45) is 0 Å². The molecule has 9 heteroatoms. The van der Waals surface area contributed by atoms with Gasteiger partial charge >= 0.3 is 0 Å². The molecular formula is C17H20N4O4S. The van der Waals surface area contributed by atoms with Gasteiger partial charge in [0.1, 0.15) is 12.4 Å². The molecule has 0 saturated carbocycles. The van der Waals surface area contributed by atoms with Crippen LogP contribution >= 0.6 is 11.8 Å². The Bertz CT molecular complexity index is 796. The van der Waals surface area contributed by atoms with Gasteiger partial charge in [0.25, 0.3) is 5.91 Å². The third kappa shape index (κ3) is 3.63. The second kappa shape index (κ2) is 7.55. The van der Waals surface area contributed by atoms with Crippen LogP contribution in [0.25, 0.3) is 0 Å². The fourth-order valence-electron chi connectivity index (χ4n) is 3.12. The lowest BCUT2D eigenvalue weighted by Crippen LogP contribution is -2.34. The van der Waals surface area contributed by atoms with Gasteiger partial charge in [-0.3, -0.25) is 9.59 Å². The first-order chi connectivity index (χ1) is 12.7. The quantitative estimate of drug-likeness (QED) is 0.797. The molecule has 0 radical (unpaired) electrons. The molecule has 0 aliphatic carbocycles. The maximum absolute atomic E-state index is 12.3. The minimum Gasteiger partial charge on any atom is -0.459 e. The molecule has 138 valence electrons. The average molecular weight is 376 g/mol. The molecule has 2 amide bonds. The molecule has 4 rings (SSSR count). The lowest BCUT2D eigenvalue weighted by molar-refractivity contribution is -0.122. The SMILES string of the molecule is O=C(Cn1nc2c(c1NC(=O)c1ccco1)CSC2)NCC1CCCO1. The minimum absolute atomic E-state index is 0.0537. The Kier molecular flexibility index (Phi) is 4.98. The molecule has 0 bridgehead atoms. The average Bonchev–Trinajstić information content (AvgIpc) is 3.40. The van der Waals surface area contributed by atoms with Gasteiger partial charge in [0.15, 0.2) is 5.76 Å². The predicted octanol–water partition coefficient (Wildman–Crippen LogP) is 1.77. The van der Waals surface area contributed by atoms with Crippen LogP contribution in [-0.2, 0) is 27.6 Å². The number of ether oxygens (including phenoxy) is 1. The molecule has 0 spiro atoms. The predicted molar refractivity (Wildman–Crippen MR) is 95.9 cm³/mol. The van der Waals surface area contributed by atoms with Crippen molar-refractivity contribution in [2.75, 3.05) is 18.5 Å². The van der Waals surface area contributed by atoms with E-state index >= 15 is 0 Å². The van der Waals surface area contributed by atoms with E-state index in [4.69, 9.17) is 9.15 Å². The standard InChI is InChI=1S/C17H20N4O4S/c22-15(18-7-11-3-1-5-24-11)8-21-16(12-9-26-10-13(12)20-21)19-17(23)14-4-2-6-25-14/h2,4,6,11H,1,3,5,7-10H2,(H,18,22)(H,19,23). The molecule has 2 aromatic heterocycles. The molecule has 1 unspecified atom stereocenters. The van der Waals surface area contributed by atoms with Gasteiger partial charge in [-0.2, -0.15) is 16.9 Å². The molecule has 2 aromatic rings. The van der Waals surface area contributed by atoms with Crippen LogP contribution < -0.4 is 10.6 Å². The maximum Gasteiger partial charge on any atom is 0.292 e. The monoisotopic (exact) mass is 376 g/mol. The van der Waals surface area contributed by atoms with E-state index in [0.29, 0.717) is 12.4 Å².